The van der Waals surface area contributed by atoms with Crippen LogP contribution in [0.4, 0.5) is 11.4 Å². The molecule has 6 aromatic rings. The molecule has 1 aromatic heterocycles. The number of nitrogens with one attached hydrogen (secondary N) is 1. The second kappa shape index (κ2) is 31.2. The Kier molecular flexibility index (Phi) is 25.7. The number of carbonyl (C=O) groups excluding carboxylic acids is 2. The molecule has 1 aliphatic rings. The second-order valence-corrected chi connectivity index (χ2v) is 20.5. The number of hydrogen-bond acceptors (Lipinski definition) is 22. The fourth-order valence-corrected chi connectivity index (χ4v) is 7.97. The molecule has 0 radical (unpaired) electrons. The summed E-state index contributed by atoms with van der Waals surface area (Å²) in [6.07, 6.45) is 4.73. The third kappa shape index (κ3) is 21.6. The number of hydroxylamine groups is 2. The van der Waals surface area contributed by atoms with Gasteiger partial charge in [-0.15, -0.1) is 0 Å². The van der Waals surface area contributed by atoms with Crippen molar-refractivity contribution < 1.29 is 80.0 Å². The third-order valence-corrected chi connectivity index (χ3v) is 12.9. The number of anilines is 2. The number of aromatic nitrogens is 1. The Morgan fingerprint density at radius 1 is 0.595 bits per heavy atom. The Morgan fingerprint density at radius 3 is 1.50 bits per heavy atom. The first-order valence-electron chi connectivity index (χ1n) is 25.7. The van der Waals surface area contributed by atoms with Crippen molar-refractivity contribution in [3.8, 4) is 23.0 Å². The summed E-state index contributed by atoms with van der Waals surface area (Å²) in [6.45, 7) is 9.85. The maximum atomic E-state index is 10.7. The van der Waals surface area contributed by atoms with E-state index >= 15 is 0 Å². The quantitative estimate of drug-likeness (QED) is 0.0176. The Balaban J connectivity index is 0.000000285. The zero-order valence-electron chi connectivity index (χ0n) is 46.9. The molecule has 5 aromatic carbocycles. The zero-order chi connectivity index (χ0) is 63.4. The lowest BCUT2D eigenvalue weighted by atomic mass is 9.97. The molecule has 26 nitrogen and oxygen atoms in total. The van der Waals surface area contributed by atoms with E-state index in [-0.39, 0.29) is 67.4 Å². The van der Waals surface area contributed by atoms with E-state index in [1.807, 2.05) is 65.0 Å². The summed E-state index contributed by atoms with van der Waals surface area (Å²) >= 11 is 0. The number of nitrogens with zero attached hydrogens (tertiary/aromatic N) is 2. The van der Waals surface area contributed by atoms with Gasteiger partial charge in [0.25, 0.3) is 0 Å². The van der Waals surface area contributed by atoms with Crippen molar-refractivity contribution in [3.63, 3.8) is 0 Å². The normalized spacial score (nSPS) is 15.0. The predicted octanol–water partition coefficient (Wildman–Crippen LogP) is 0.933. The van der Waals surface area contributed by atoms with Gasteiger partial charge in [-0.3, -0.25) is 14.4 Å². The van der Waals surface area contributed by atoms with E-state index in [1.54, 1.807) is 54.7 Å². The van der Waals surface area contributed by atoms with E-state index in [9.17, 15) is 44.5 Å². The van der Waals surface area contributed by atoms with Gasteiger partial charge in [0.1, 0.15) is 36.2 Å². The fraction of sp³-hybridized carbons (Fsp3) is 0.310. The minimum atomic E-state index is -1.26. The standard InChI is InChI=1S/C20H29N3O4.C11H12N2O3.C9H12N2O3.C9H12N2O2.C9H11NO4/c1-13(15-8-6-14(7-9-15)10-17(21)18(24)25)22-27-12-16-11-19(2,3)23(26)20(16,4)5;12-9(11(15)16)3-6-5-13-10-2-1-7(14)4-8(6)10;10-6-3-5(1-2-8(6)12)4-7(11)9(13)14;10-7-3-1-6(2-4-7)5-8(11)9(12)13;10-6(9(13)14)3-5-1-2-7(11)8(12)4-5/h6-9,11,17,26H,10,12,21H2,1-5H3,(H,24,25);1-2,4-5,9,13-14H,3,12H2,(H,15,16);1-3,7,12H,4,10-11H2,(H,13,14);1-4,8H,5,10-11H2,(H,12,13);1-2,4,6,11-12H,3,10H2,(H,13,14)/p-2/b22-13+;;;;/t17-;9-;7-;8-;6-/m00000/s1. The van der Waals surface area contributed by atoms with Crippen LogP contribution in [-0.2, 0) is 60.9 Å². The molecule has 0 aliphatic carbocycles. The van der Waals surface area contributed by atoms with Crippen molar-refractivity contribution in [2.45, 2.75) is 108 Å². The average Bonchev–Trinajstić information content (AvgIpc) is 4.11. The van der Waals surface area contributed by atoms with E-state index in [0.717, 1.165) is 38.7 Å². The summed E-state index contributed by atoms with van der Waals surface area (Å²) in [5, 5.41) is 100. The lowest BCUT2D eigenvalue weighted by Gasteiger charge is -2.36. The maximum absolute atomic E-state index is 10.7. The SMILES string of the molecule is C/C(=N\OCC1=CC(C)(C)N(O)C1(C)C)c1ccc(C[C@H](N)C(=O)[O-])cc1.N[C@@H](Cc1c[nH]c2ccc(O)cc12)C(=O)O.N[C@@H](Cc1ccc(O)c(O)c1)C(=O)O.Nc1cc(C[C@H](N)C(=O)O)ccc1O.Nc1ccc(C[C@H](N)C(=O)[O-])cc1. The Labute approximate surface area is 483 Å². The number of carboxylic acids is 5. The summed E-state index contributed by atoms with van der Waals surface area (Å²) in [5.74, 6) is -6.08. The molecule has 2 heterocycles. The average molecular weight is 1170 g/mol. The van der Waals surface area contributed by atoms with Gasteiger partial charge in [-0.1, -0.05) is 59.8 Å². The zero-order valence-corrected chi connectivity index (χ0v) is 46.9. The van der Waals surface area contributed by atoms with E-state index in [0.29, 0.717) is 22.5 Å². The van der Waals surface area contributed by atoms with Crippen molar-refractivity contribution in [3.05, 3.63) is 154 Å². The number of carbonyl (C=O) groups is 5. The van der Waals surface area contributed by atoms with E-state index in [1.165, 1.54) is 35.4 Å². The highest BCUT2D eigenvalue weighted by Crippen LogP contribution is 2.38. The minimum absolute atomic E-state index is 0.0161. The number of nitrogens with two attached hydrogens (primary N) is 7. The molecule has 454 valence electrons. The number of rotatable bonds is 19. The highest BCUT2D eigenvalue weighted by Gasteiger charge is 2.45. The van der Waals surface area contributed by atoms with Crippen LogP contribution in [0.2, 0.25) is 0 Å². The van der Waals surface area contributed by atoms with Crippen molar-refractivity contribution in [2.75, 3.05) is 18.1 Å². The number of nitrogen functional groups attached to an aromatic ring is 2. The van der Waals surface area contributed by atoms with Crippen molar-refractivity contribution in [2.24, 2.45) is 33.8 Å². The van der Waals surface area contributed by atoms with Crippen LogP contribution in [0.3, 0.4) is 0 Å². The first kappa shape index (κ1) is 69.0. The molecule has 1 aliphatic heterocycles. The molecule has 5 atom stereocenters. The van der Waals surface area contributed by atoms with E-state index < -0.39 is 71.1 Å². The van der Waals surface area contributed by atoms with Crippen LogP contribution in [0, 0.1) is 0 Å². The number of H-pyrrole nitrogens is 1. The van der Waals surface area contributed by atoms with Crippen molar-refractivity contribution in [1.29, 1.82) is 0 Å². The lowest BCUT2D eigenvalue weighted by molar-refractivity contribution is -0.308. The van der Waals surface area contributed by atoms with Crippen LogP contribution in [0.15, 0.2) is 126 Å². The molecule has 0 unspecified atom stereocenters. The topological polar surface area (TPSA) is 516 Å². The largest absolute Gasteiger partial charge is 0.548 e. The third-order valence-electron chi connectivity index (χ3n) is 12.9. The van der Waals surface area contributed by atoms with Gasteiger partial charge >= 0.3 is 17.9 Å². The van der Waals surface area contributed by atoms with Crippen LogP contribution in [0.5, 0.6) is 23.0 Å². The van der Waals surface area contributed by atoms with Gasteiger partial charge in [0.05, 0.1) is 34.4 Å². The summed E-state index contributed by atoms with van der Waals surface area (Å²) in [7, 11) is 0. The van der Waals surface area contributed by atoms with Crippen LogP contribution in [0.1, 0.15) is 68.0 Å². The van der Waals surface area contributed by atoms with E-state index in [4.69, 9.17) is 75.6 Å². The number of phenolic OH excluding ortho intramolecular Hbond substituents is 4. The van der Waals surface area contributed by atoms with Crippen molar-refractivity contribution in [1.82, 2.24) is 10.0 Å². The van der Waals surface area contributed by atoms with Crippen LogP contribution >= 0.6 is 0 Å². The monoisotopic (exact) mass is 1170 g/mol. The molecule has 0 bridgehead atoms. The fourth-order valence-electron chi connectivity index (χ4n) is 7.97. The summed E-state index contributed by atoms with van der Waals surface area (Å²) in [4.78, 5) is 61.1. The number of benzene rings is 5. The molecule has 0 saturated heterocycles. The Morgan fingerprint density at radius 2 is 1.05 bits per heavy atom. The van der Waals surface area contributed by atoms with Gasteiger partial charge in [-0.25, -0.2) is 0 Å². The number of fused-ring (bicyclic) bond motifs is 1. The first-order valence-corrected chi connectivity index (χ1v) is 25.7. The maximum Gasteiger partial charge on any atom is 0.320 e. The number of carboxylic acid groups (broad SMARTS) is 5. The molecule has 0 amide bonds. The molecule has 84 heavy (non-hydrogen) atoms. The van der Waals surface area contributed by atoms with Crippen LogP contribution in [-0.4, -0.2) is 134 Å². The van der Waals surface area contributed by atoms with E-state index in [2.05, 4.69) is 10.1 Å². The van der Waals surface area contributed by atoms with Crippen molar-refractivity contribution >= 4 is 57.8 Å². The lowest BCUT2D eigenvalue weighted by Crippen LogP contribution is -2.48. The van der Waals surface area contributed by atoms with Crippen LogP contribution < -0.4 is 50.3 Å². The Bertz CT molecular complexity index is 3190. The van der Waals surface area contributed by atoms with Gasteiger partial charge in [0.2, 0.25) is 0 Å². The first-order chi connectivity index (χ1) is 39.1. The van der Waals surface area contributed by atoms with Gasteiger partial charge in [-0.05, 0) is 154 Å². The summed E-state index contributed by atoms with van der Waals surface area (Å²) < 4.78 is 0. The summed E-state index contributed by atoms with van der Waals surface area (Å²) in [6, 6.07) is 22.9. The highest BCUT2D eigenvalue weighted by atomic mass is 16.6. The number of phenols is 4. The second-order valence-electron chi connectivity index (χ2n) is 20.5. The molecular weight excluding hydrogens is 1090 g/mol. The molecule has 0 fully saturated rings. The predicted molar refractivity (Wildman–Crippen MR) is 309 cm³/mol. The molecule has 0 saturated carbocycles. The number of aliphatic carboxylic acids is 5. The number of aromatic hydroxyl groups is 4. The highest BCUT2D eigenvalue weighted by molar-refractivity contribution is 5.98. The molecular formula is C58H74N10O16-2. The minimum Gasteiger partial charge on any atom is -0.548 e. The van der Waals surface area contributed by atoms with Gasteiger partial charge < -0.3 is 111 Å². The molecule has 0 spiro atoms. The number of hydrogen-bond donors (Lipinski definition) is 16. The smallest absolute Gasteiger partial charge is 0.320 e. The molecule has 26 heteroatoms. The number of oxime groups is 1. The Hall–Kier alpha value is -9.28. The van der Waals surface area contributed by atoms with Gasteiger partial charge in [0.15, 0.2) is 11.5 Å². The van der Waals surface area contributed by atoms with Gasteiger partial charge in [-0.2, -0.15) is 5.06 Å². The molecule has 7 rings (SSSR count). The molecule has 23 N–H and O–H groups in total. The summed E-state index contributed by atoms with van der Waals surface area (Å²) in [5.41, 5.74) is 44.7. The van der Waals surface area contributed by atoms with Crippen LogP contribution in [0.25, 0.3) is 10.9 Å². The van der Waals surface area contributed by atoms with Gasteiger partial charge in [0, 0.05) is 41.3 Å². The number of aromatic amines is 1.